The molecule has 0 atom stereocenters. The lowest BCUT2D eigenvalue weighted by molar-refractivity contribution is 0.319. The highest BCUT2D eigenvalue weighted by Crippen LogP contribution is 2.33. The Kier molecular flexibility index (Phi) is 4.83. The molecule has 0 aromatic carbocycles. The minimum absolute atomic E-state index is 0.118. The highest BCUT2D eigenvalue weighted by molar-refractivity contribution is 7.87. The van der Waals surface area contributed by atoms with Crippen LogP contribution in [0.2, 0.25) is 0 Å². The normalized spacial score (nSPS) is 18.7. The highest BCUT2D eigenvalue weighted by atomic mass is 32.2. The molecule has 160 valence electrons. The second-order valence-corrected chi connectivity index (χ2v) is 9.34. The Morgan fingerprint density at radius 1 is 1.23 bits per heavy atom. The first-order chi connectivity index (χ1) is 14.6. The molecule has 3 aromatic rings. The van der Waals surface area contributed by atoms with Crippen molar-refractivity contribution in [2.24, 2.45) is 0 Å². The number of hydrogen-bond donors (Lipinski definition) is 2. The number of fused-ring (bicyclic) bond motifs is 1. The summed E-state index contributed by atoms with van der Waals surface area (Å²) in [7, 11) is -3.26. The number of H-pyrrole nitrogens is 1. The zero-order valence-corrected chi connectivity index (χ0v) is 17.5. The molecule has 2 aliphatic heterocycles. The fraction of sp³-hybridized carbons (Fsp3) is 0.500. The van der Waals surface area contributed by atoms with Crippen LogP contribution in [0.4, 0.5) is 5.95 Å². The number of aromatic amines is 1. The predicted octanol–water partition coefficient (Wildman–Crippen LogP) is 0.955. The van der Waals surface area contributed by atoms with E-state index in [0.29, 0.717) is 63.0 Å². The fourth-order valence-corrected chi connectivity index (χ4v) is 5.29. The van der Waals surface area contributed by atoms with Gasteiger partial charge in [0.2, 0.25) is 5.95 Å². The monoisotopic (exact) mass is 432 g/mol. The van der Waals surface area contributed by atoms with Gasteiger partial charge in [0.05, 0.1) is 12.8 Å². The molecule has 12 heteroatoms. The topological polar surface area (TPSA) is 121 Å². The smallest absolute Gasteiger partial charge is 0.282 e. The van der Waals surface area contributed by atoms with E-state index in [0.717, 1.165) is 11.1 Å². The third-order valence-corrected chi connectivity index (χ3v) is 7.44. The van der Waals surface area contributed by atoms with Crippen molar-refractivity contribution >= 4 is 21.8 Å². The molecule has 0 bridgehead atoms. The van der Waals surface area contributed by atoms with Gasteiger partial charge in [-0.15, -0.1) is 5.10 Å². The van der Waals surface area contributed by atoms with E-state index in [-0.39, 0.29) is 6.04 Å². The molecule has 30 heavy (non-hydrogen) atoms. The van der Waals surface area contributed by atoms with E-state index >= 15 is 0 Å². The van der Waals surface area contributed by atoms with Gasteiger partial charge < -0.3 is 10.1 Å². The average molecular weight is 433 g/mol. The SMILES string of the molecule is CCOc1c(-c2cn[nH]c2)ccn2nc(NC3CCN(S(=O)(=O)N4CC4)CC3)nc12. The second-order valence-electron chi connectivity index (χ2n) is 7.41. The van der Waals surface area contributed by atoms with E-state index in [1.807, 2.05) is 25.4 Å². The van der Waals surface area contributed by atoms with Gasteiger partial charge in [-0.05, 0) is 25.8 Å². The van der Waals surface area contributed by atoms with Crippen molar-refractivity contribution in [1.29, 1.82) is 0 Å². The van der Waals surface area contributed by atoms with Gasteiger partial charge in [-0.25, -0.2) is 4.52 Å². The number of aromatic nitrogens is 5. The summed E-state index contributed by atoms with van der Waals surface area (Å²) in [5.74, 6) is 1.16. The summed E-state index contributed by atoms with van der Waals surface area (Å²) < 4.78 is 35.3. The lowest BCUT2D eigenvalue weighted by Crippen LogP contribution is -2.44. The molecule has 5 rings (SSSR count). The fourth-order valence-electron chi connectivity index (χ4n) is 3.74. The predicted molar refractivity (Wildman–Crippen MR) is 110 cm³/mol. The van der Waals surface area contributed by atoms with Crippen molar-refractivity contribution in [3.63, 3.8) is 0 Å². The molecule has 3 aromatic heterocycles. The van der Waals surface area contributed by atoms with Crippen LogP contribution in [0.1, 0.15) is 19.8 Å². The molecule has 0 spiro atoms. The lowest BCUT2D eigenvalue weighted by Gasteiger charge is -2.31. The van der Waals surface area contributed by atoms with Crippen LogP contribution < -0.4 is 10.1 Å². The van der Waals surface area contributed by atoms with Crippen LogP contribution in [-0.2, 0) is 10.2 Å². The number of nitrogens with zero attached hydrogens (tertiary/aromatic N) is 6. The van der Waals surface area contributed by atoms with Crippen LogP contribution in [-0.4, -0.2) is 80.7 Å². The molecular formula is C18H24N8O3S. The molecule has 2 aliphatic rings. The van der Waals surface area contributed by atoms with E-state index in [4.69, 9.17) is 4.74 Å². The van der Waals surface area contributed by atoms with Gasteiger partial charge in [0, 0.05) is 55.7 Å². The second kappa shape index (κ2) is 7.52. The molecule has 2 N–H and O–H groups in total. The summed E-state index contributed by atoms with van der Waals surface area (Å²) in [5.41, 5.74) is 2.43. The van der Waals surface area contributed by atoms with Crippen LogP contribution in [0.3, 0.4) is 0 Å². The molecule has 0 radical (unpaired) electrons. The minimum atomic E-state index is -3.26. The molecule has 0 amide bonds. The van der Waals surface area contributed by atoms with Crippen LogP contribution in [0, 0.1) is 0 Å². The van der Waals surface area contributed by atoms with Gasteiger partial charge in [-0.2, -0.15) is 27.1 Å². The number of piperidine rings is 1. The molecule has 0 saturated carbocycles. The van der Waals surface area contributed by atoms with Gasteiger partial charge in [0.15, 0.2) is 11.4 Å². The summed E-state index contributed by atoms with van der Waals surface area (Å²) in [6.07, 6.45) is 6.81. The summed E-state index contributed by atoms with van der Waals surface area (Å²) in [6, 6.07) is 2.05. The Bertz CT molecular complexity index is 1130. The maximum absolute atomic E-state index is 12.3. The van der Waals surface area contributed by atoms with E-state index in [2.05, 4.69) is 25.6 Å². The maximum Gasteiger partial charge on any atom is 0.282 e. The van der Waals surface area contributed by atoms with E-state index < -0.39 is 10.2 Å². The molecule has 0 unspecified atom stereocenters. The number of anilines is 1. The van der Waals surface area contributed by atoms with Crippen molar-refractivity contribution in [2.45, 2.75) is 25.8 Å². The van der Waals surface area contributed by atoms with Crippen molar-refractivity contribution in [3.8, 4) is 16.9 Å². The largest absolute Gasteiger partial charge is 0.489 e. The highest BCUT2D eigenvalue weighted by Gasteiger charge is 2.38. The molecule has 0 aliphatic carbocycles. The van der Waals surface area contributed by atoms with Crippen molar-refractivity contribution in [3.05, 3.63) is 24.7 Å². The molecule has 2 saturated heterocycles. The van der Waals surface area contributed by atoms with Crippen molar-refractivity contribution in [2.75, 3.05) is 38.1 Å². The van der Waals surface area contributed by atoms with Crippen LogP contribution in [0.25, 0.3) is 16.8 Å². The Hall–Kier alpha value is -2.70. The first-order valence-corrected chi connectivity index (χ1v) is 11.5. The lowest BCUT2D eigenvalue weighted by atomic mass is 10.1. The first-order valence-electron chi connectivity index (χ1n) is 10.1. The molecule has 11 nitrogen and oxygen atoms in total. The first kappa shape index (κ1) is 19.3. The average Bonchev–Trinajstić information content (AvgIpc) is 3.32. The van der Waals surface area contributed by atoms with Gasteiger partial charge in [0.25, 0.3) is 10.2 Å². The third kappa shape index (κ3) is 3.50. The number of pyridine rings is 1. The minimum Gasteiger partial charge on any atom is -0.489 e. The Morgan fingerprint density at radius 2 is 2.00 bits per heavy atom. The zero-order valence-electron chi connectivity index (χ0n) is 16.7. The van der Waals surface area contributed by atoms with Gasteiger partial charge >= 0.3 is 0 Å². The third-order valence-electron chi connectivity index (χ3n) is 5.41. The summed E-state index contributed by atoms with van der Waals surface area (Å²) >= 11 is 0. The van der Waals surface area contributed by atoms with E-state index in [9.17, 15) is 8.42 Å². The Balaban J connectivity index is 1.34. The number of ether oxygens (including phenoxy) is 1. The molecule has 2 fully saturated rings. The summed E-state index contributed by atoms with van der Waals surface area (Å²) in [6.45, 7) is 4.70. The van der Waals surface area contributed by atoms with Crippen LogP contribution in [0.5, 0.6) is 5.75 Å². The maximum atomic E-state index is 12.3. The molecule has 5 heterocycles. The van der Waals surface area contributed by atoms with Crippen molar-refractivity contribution < 1.29 is 13.2 Å². The van der Waals surface area contributed by atoms with E-state index in [1.54, 1.807) is 15.0 Å². The number of hydrogen-bond acceptors (Lipinski definition) is 7. The quantitative estimate of drug-likeness (QED) is 0.533. The van der Waals surface area contributed by atoms with Gasteiger partial charge in [-0.1, -0.05) is 0 Å². The van der Waals surface area contributed by atoms with Crippen molar-refractivity contribution in [1.82, 2.24) is 33.4 Å². The Labute approximate surface area is 174 Å². The summed E-state index contributed by atoms with van der Waals surface area (Å²) in [5, 5.41) is 14.7. The molecular weight excluding hydrogens is 408 g/mol. The summed E-state index contributed by atoms with van der Waals surface area (Å²) in [4.78, 5) is 4.65. The zero-order chi connectivity index (χ0) is 20.7. The van der Waals surface area contributed by atoms with E-state index in [1.165, 1.54) is 4.31 Å². The van der Waals surface area contributed by atoms with Gasteiger partial charge in [-0.3, -0.25) is 5.10 Å². The Morgan fingerprint density at radius 3 is 2.67 bits per heavy atom. The van der Waals surface area contributed by atoms with Crippen LogP contribution >= 0.6 is 0 Å². The number of nitrogens with one attached hydrogen (secondary N) is 2. The standard InChI is InChI=1S/C18H24N8O3S/c1-2-29-16-15(13-11-19-20-12-13)5-8-26-17(16)22-18(23-26)21-14-3-6-24(7-4-14)30(27,28)25-9-10-25/h5,8,11-12,14H,2-4,6-7,9-10H2,1H3,(H,19,20)(H,21,23). The van der Waals surface area contributed by atoms with Gasteiger partial charge in [0.1, 0.15) is 0 Å². The number of rotatable bonds is 7. The van der Waals surface area contributed by atoms with Crippen LogP contribution in [0.15, 0.2) is 24.7 Å².